The Balaban J connectivity index is 2.53. The molecule has 0 saturated carbocycles. The van der Waals surface area contributed by atoms with Gasteiger partial charge in [-0.1, -0.05) is 0 Å². The van der Waals surface area contributed by atoms with Crippen LogP contribution in [0.5, 0.6) is 11.5 Å². The van der Waals surface area contributed by atoms with E-state index in [1.165, 1.54) is 0 Å². The summed E-state index contributed by atoms with van der Waals surface area (Å²) in [5, 5.41) is 2.87. The second kappa shape index (κ2) is 7.04. The molecule has 1 aromatic carbocycles. The smallest absolute Gasteiger partial charge is 0.338 e. The largest absolute Gasteiger partial charge is 0.497 e. The SMILES string of the molecule is CCOC(=O)C1=C(C)NC(N)=NC1c1cc(OC)cc(OC)c1. The molecule has 1 unspecified atom stereocenters. The Hall–Kier alpha value is -2.70. The molecule has 7 nitrogen and oxygen atoms in total. The maximum atomic E-state index is 12.3. The highest BCUT2D eigenvalue weighted by atomic mass is 16.5. The van der Waals surface area contributed by atoms with Gasteiger partial charge in [-0.2, -0.15) is 0 Å². The number of nitrogens with two attached hydrogens (primary N) is 1. The third kappa shape index (κ3) is 3.56. The molecule has 0 fully saturated rings. The third-order valence-electron chi connectivity index (χ3n) is 3.45. The van der Waals surface area contributed by atoms with Crippen LogP contribution in [0.15, 0.2) is 34.5 Å². The van der Waals surface area contributed by atoms with Crippen molar-refractivity contribution in [2.75, 3.05) is 20.8 Å². The van der Waals surface area contributed by atoms with Gasteiger partial charge in [0, 0.05) is 11.8 Å². The molecule has 7 heteroatoms. The van der Waals surface area contributed by atoms with Gasteiger partial charge in [0.2, 0.25) is 0 Å². The van der Waals surface area contributed by atoms with Crippen LogP contribution in [-0.2, 0) is 9.53 Å². The van der Waals surface area contributed by atoms with Crippen LogP contribution in [0.25, 0.3) is 0 Å². The van der Waals surface area contributed by atoms with Gasteiger partial charge in [0.1, 0.15) is 17.5 Å². The summed E-state index contributed by atoms with van der Waals surface area (Å²) in [6, 6.07) is 4.75. The number of rotatable bonds is 5. The summed E-state index contributed by atoms with van der Waals surface area (Å²) in [5.41, 5.74) is 7.58. The molecule has 2 rings (SSSR count). The number of aliphatic imine (C=N–C) groups is 1. The molecular weight excluding hydrogens is 298 g/mol. The van der Waals surface area contributed by atoms with Gasteiger partial charge >= 0.3 is 5.97 Å². The fourth-order valence-corrected chi connectivity index (χ4v) is 2.40. The molecule has 0 spiro atoms. The maximum absolute atomic E-state index is 12.3. The van der Waals surface area contributed by atoms with E-state index in [1.54, 1.807) is 46.3 Å². The minimum atomic E-state index is -0.584. The van der Waals surface area contributed by atoms with Gasteiger partial charge in [-0.25, -0.2) is 9.79 Å². The zero-order valence-electron chi connectivity index (χ0n) is 13.7. The average molecular weight is 319 g/mol. The van der Waals surface area contributed by atoms with Gasteiger partial charge in [0.05, 0.1) is 26.4 Å². The Labute approximate surface area is 135 Å². The number of hydrogen-bond acceptors (Lipinski definition) is 7. The van der Waals surface area contributed by atoms with E-state index >= 15 is 0 Å². The number of methoxy groups -OCH3 is 2. The van der Waals surface area contributed by atoms with E-state index in [0.29, 0.717) is 22.8 Å². The summed E-state index contributed by atoms with van der Waals surface area (Å²) in [6.45, 7) is 3.80. The minimum absolute atomic E-state index is 0.238. The Morgan fingerprint density at radius 2 is 1.87 bits per heavy atom. The van der Waals surface area contributed by atoms with Crippen molar-refractivity contribution < 1.29 is 19.0 Å². The second-order valence-corrected chi connectivity index (χ2v) is 4.95. The molecule has 124 valence electrons. The van der Waals surface area contributed by atoms with Crippen molar-refractivity contribution in [2.45, 2.75) is 19.9 Å². The Morgan fingerprint density at radius 1 is 1.26 bits per heavy atom. The Bertz CT molecular complexity index is 645. The number of benzene rings is 1. The van der Waals surface area contributed by atoms with Crippen molar-refractivity contribution in [3.05, 3.63) is 35.0 Å². The van der Waals surface area contributed by atoms with Gasteiger partial charge in [-0.05, 0) is 31.5 Å². The Morgan fingerprint density at radius 3 is 2.39 bits per heavy atom. The molecule has 0 aromatic heterocycles. The average Bonchev–Trinajstić information content (AvgIpc) is 2.53. The van der Waals surface area contributed by atoms with Crippen molar-refractivity contribution in [2.24, 2.45) is 10.7 Å². The van der Waals surface area contributed by atoms with Crippen LogP contribution in [0.2, 0.25) is 0 Å². The van der Waals surface area contributed by atoms with Crippen LogP contribution >= 0.6 is 0 Å². The first-order valence-electron chi connectivity index (χ1n) is 7.21. The number of nitrogens with zero attached hydrogens (tertiary/aromatic N) is 1. The summed E-state index contributed by atoms with van der Waals surface area (Å²) < 4.78 is 15.7. The monoisotopic (exact) mass is 319 g/mol. The number of esters is 1. The molecule has 0 bridgehead atoms. The lowest BCUT2D eigenvalue weighted by molar-refractivity contribution is -0.138. The summed E-state index contributed by atoms with van der Waals surface area (Å²) >= 11 is 0. The zero-order chi connectivity index (χ0) is 17.0. The number of ether oxygens (including phenoxy) is 3. The van der Waals surface area contributed by atoms with E-state index in [0.717, 1.165) is 5.56 Å². The summed E-state index contributed by atoms with van der Waals surface area (Å²) in [5.74, 6) is 1.02. The number of allylic oxidation sites excluding steroid dienone is 1. The first-order chi connectivity index (χ1) is 11.0. The fourth-order valence-electron chi connectivity index (χ4n) is 2.40. The molecule has 1 aromatic rings. The van der Waals surface area contributed by atoms with E-state index in [-0.39, 0.29) is 12.6 Å². The van der Waals surface area contributed by atoms with E-state index in [9.17, 15) is 4.79 Å². The van der Waals surface area contributed by atoms with E-state index in [4.69, 9.17) is 19.9 Å². The number of nitrogens with one attached hydrogen (secondary N) is 1. The lowest BCUT2D eigenvalue weighted by Gasteiger charge is -2.25. The van der Waals surface area contributed by atoms with Crippen LogP contribution in [0, 0.1) is 0 Å². The van der Waals surface area contributed by atoms with E-state index in [2.05, 4.69) is 10.3 Å². The number of carbonyl (C=O) groups is 1. The van der Waals surface area contributed by atoms with Crippen molar-refractivity contribution >= 4 is 11.9 Å². The van der Waals surface area contributed by atoms with Gasteiger partial charge in [-0.15, -0.1) is 0 Å². The predicted molar refractivity (Wildman–Crippen MR) is 86.4 cm³/mol. The molecule has 23 heavy (non-hydrogen) atoms. The molecule has 0 saturated heterocycles. The lowest BCUT2D eigenvalue weighted by Crippen LogP contribution is -2.37. The number of guanidine groups is 1. The van der Waals surface area contributed by atoms with Gasteiger partial charge in [0.15, 0.2) is 5.96 Å². The van der Waals surface area contributed by atoms with Crippen molar-refractivity contribution in [3.8, 4) is 11.5 Å². The Kier molecular flexibility index (Phi) is 5.10. The molecule has 1 aliphatic rings. The highest BCUT2D eigenvalue weighted by Crippen LogP contribution is 2.35. The molecule has 0 amide bonds. The van der Waals surface area contributed by atoms with Gasteiger partial charge in [-0.3, -0.25) is 0 Å². The van der Waals surface area contributed by atoms with Crippen LogP contribution in [0.4, 0.5) is 0 Å². The quantitative estimate of drug-likeness (QED) is 0.799. The highest BCUT2D eigenvalue weighted by Gasteiger charge is 2.30. The minimum Gasteiger partial charge on any atom is -0.497 e. The van der Waals surface area contributed by atoms with Crippen LogP contribution < -0.4 is 20.5 Å². The highest BCUT2D eigenvalue weighted by molar-refractivity contribution is 5.95. The number of carbonyl (C=O) groups excluding carboxylic acids is 1. The standard InChI is InChI=1S/C16H21N3O4/c1-5-23-15(20)13-9(2)18-16(17)19-14(13)10-6-11(21-3)8-12(7-10)22-4/h6-8,14H,5H2,1-4H3,(H3,17,18,19). The third-order valence-corrected chi connectivity index (χ3v) is 3.45. The van der Waals surface area contributed by atoms with E-state index < -0.39 is 12.0 Å². The molecule has 1 heterocycles. The molecule has 0 aliphatic carbocycles. The predicted octanol–water partition coefficient (Wildman–Crippen LogP) is 1.50. The van der Waals surface area contributed by atoms with Crippen molar-refractivity contribution in [1.29, 1.82) is 0 Å². The molecular formula is C16H21N3O4. The second-order valence-electron chi connectivity index (χ2n) is 4.95. The topological polar surface area (TPSA) is 95.2 Å². The van der Waals surface area contributed by atoms with Crippen LogP contribution in [-0.4, -0.2) is 32.8 Å². The number of hydrogen-bond donors (Lipinski definition) is 2. The molecule has 1 aliphatic heterocycles. The lowest BCUT2D eigenvalue weighted by atomic mass is 9.96. The van der Waals surface area contributed by atoms with Gasteiger partial charge < -0.3 is 25.3 Å². The fraction of sp³-hybridized carbons (Fsp3) is 0.375. The summed E-state index contributed by atoms with van der Waals surface area (Å²) in [4.78, 5) is 16.7. The zero-order valence-corrected chi connectivity index (χ0v) is 13.7. The normalized spacial score (nSPS) is 17.2. The maximum Gasteiger partial charge on any atom is 0.338 e. The summed E-state index contributed by atoms with van der Waals surface area (Å²) in [7, 11) is 3.12. The molecule has 1 atom stereocenters. The molecule has 3 N–H and O–H groups in total. The molecule has 0 radical (unpaired) electrons. The van der Waals surface area contributed by atoms with E-state index in [1.807, 2.05) is 0 Å². The first-order valence-corrected chi connectivity index (χ1v) is 7.21. The van der Waals surface area contributed by atoms with Crippen molar-refractivity contribution in [3.63, 3.8) is 0 Å². The van der Waals surface area contributed by atoms with Crippen molar-refractivity contribution in [1.82, 2.24) is 5.32 Å². The first kappa shape index (κ1) is 16.7. The van der Waals surface area contributed by atoms with Crippen LogP contribution in [0.1, 0.15) is 25.5 Å². The van der Waals surface area contributed by atoms with Crippen LogP contribution in [0.3, 0.4) is 0 Å². The van der Waals surface area contributed by atoms with Gasteiger partial charge in [0.25, 0.3) is 0 Å². The summed E-state index contributed by atoms with van der Waals surface area (Å²) in [6.07, 6.45) is 0.